The molecule has 0 spiro atoms. The first-order valence-electron chi connectivity index (χ1n) is 7.47. The summed E-state index contributed by atoms with van der Waals surface area (Å²) in [5.41, 5.74) is 0. The summed E-state index contributed by atoms with van der Waals surface area (Å²) in [5.74, 6) is 1.28. The van der Waals surface area contributed by atoms with Crippen molar-refractivity contribution in [3.05, 3.63) is 28.2 Å². The van der Waals surface area contributed by atoms with Gasteiger partial charge in [-0.25, -0.2) is 0 Å². The Kier molecular flexibility index (Phi) is 6.13. The molecule has 1 aromatic rings. The molecule has 5 heteroatoms. The van der Waals surface area contributed by atoms with E-state index in [1.54, 1.807) is 12.1 Å². The van der Waals surface area contributed by atoms with Crippen LogP contribution < -0.4 is 5.32 Å². The summed E-state index contributed by atoms with van der Waals surface area (Å²) in [6.45, 7) is 4.51. The van der Waals surface area contributed by atoms with Crippen LogP contribution >= 0.6 is 23.2 Å². The molecule has 4 unspecified atom stereocenters. The zero-order valence-corrected chi connectivity index (χ0v) is 15.1. The lowest BCUT2D eigenvalue weighted by molar-refractivity contribution is 0.249. The summed E-state index contributed by atoms with van der Waals surface area (Å²) in [4.78, 5) is 0.777. The second-order valence-electron chi connectivity index (χ2n) is 6.12. The van der Waals surface area contributed by atoms with Crippen LogP contribution in [0, 0.1) is 11.8 Å². The lowest BCUT2D eigenvalue weighted by Gasteiger charge is -2.37. The second kappa shape index (κ2) is 7.45. The van der Waals surface area contributed by atoms with Gasteiger partial charge in [0.1, 0.15) is 0 Å². The van der Waals surface area contributed by atoms with E-state index < -0.39 is 10.8 Å². The molecular weight excluding hydrogens is 325 g/mol. The van der Waals surface area contributed by atoms with Gasteiger partial charge in [0.2, 0.25) is 0 Å². The number of benzene rings is 1. The fourth-order valence-electron chi connectivity index (χ4n) is 3.11. The van der Waals surface area contributed by atoms with Gasteiger partial charge in [0.25, 0.3) is 0 Å². The van der Waals surface area contributed by atoms with Gasteiger partial charge in [0.15, 0.2) is 0 Å². The van der Waals surface area contributed by atoms with Gasteiger partial charge in [-0.3, -0.25) is 4.21 Å². The fourth-order valence-corrected chi connectivity index (χ4v) is 5.25. The SMILES string of the molecule is CNC1CCC(C(C)C)CC1S(=O)c1ccc(Cl)c(Cl)c1. The first-order valence-corrected chi connectivity index (χ1v) is 9.43. The highest BCUT2D eigenvalue weighted by molar-refractivity contribution is 7.85. The van der Waals surface area contributed by atoms with Crippen molar-refractivity contribution in [2.45, 2.75) is 49.3 Å². The van der Waals surface area contributed by atoms with Crippen LogP contribution in [0.15, 0.2) is 23.1 Å². The Hall–Kier alpha value is -0.0900. The normalized spacial score (nSPS) is 27.8. The van der Waals surface area contributed by atoms with E-state index in [2.05, 4.69) is 19.2 Å². The summed E-state index contributed by atoms with van der Waals surface area (Å²) in [6, 6.07) is 5.60. The van der Waals surface area contributed by atoms with Crippen molar-refractivity contribution in [1.82, 2.24) is 5.32 Å². The number of hydrogen-bond donors (Lipinski definition) is 1. The van der Waals surface area contributed by atoms with Crippen molar-refractivity contribution < 1.29 is 4.21 Å². The molecule has 0 aromatic heterocycles. The van der Waals surface area contributed by atoms with Gasteiger partial charge in [0, 0.05) is 10.9 Å². The van der Waals surface area contributed by atoms with Gasteiger partial charge in [0.05, 0.1) is 26.1 Å². The Balaban J connectivity index is 2.22. The third kappa shape index (κ3) is 4.01. The molecule has 21 heavy (non-hydrogen) atoms. The molecule has 1 aromatic carbocycles. The van der Waals surface area contributed by atoms with Gasteiger partial charge in [-0.2, -0.15) is 0 Å². The van der Waals surface area contributed by atoms with E-state index in [4.69, 9.17) is 23.2 Å². The first kappa shape index (κ1) is 17.3. The summed E-state index contributed by atoms with van der Waals surface area (Å²) in [7, 11) is 0.897. The molecule has 1 N–H and O–H groups in total. The van der Waals surface area contributed by atoms with E-state index >= 15 is 0 Å². The van der Waals surface area contributed by atoms with Crippen molar-refractivity contribution in [3.63, 3.8) is 0 Å². The summed E-state index contributed by atoms with van der Waals surface area (Å²) in [5, 5.41) is 4.45. The third-order valence-electron chi connectivity index (χ3n) is 4.54. The van der Waals surface area contributed by atoms with Crippen LogP contribution in [0.1, 0.15) is 33.1 Å². The molecule has 1 aliphatic carbocycles. The van der Waals surface area contributed by atoms with E-state index in [0.29, 0.717) is 27.9 Å². The average Bonchev–Trinajstić information content (AvgIpc) is 2.48. The lowest BCUT2D eigenvalue weighted by Crippen LogP contribution is -2.45. The number of nitrogens with one attached hydrogen (secondary N) is 1. The van der Waals surface area contributed by atoms with Crippen LogP contribution in [0.2, 0.25) is 10.0 Å². The van der Waals surface area contributed by atoms with Crippen molar-refractivity contribution in [3.8, 4) is 0 Å². The predicted octanol–water partition coefficient (Wildman–Crippen LogP) is 4.51. The van der Waals surface area contributed by atoms with Crippen molar-refractivity contribution >= 4 is 34.0 Å². The minimum atomic E-state index is -1.06. The Labute approximate surface area is 140 Å². The molecule has 0 heterocycles. The number of rotatable bonds is 4. The highest BCUT2D eigenvalue weighted by Gasteiger charge is 2.35. The maximum absolute atomic E-state index is 13.0. The maximum atomic E-state index is 13.0. The van der Waals surface area contributed by atoms with Crippen molar-refractivity contribution in [2.75, 3.05) is 7.05 Å². The van der Waals surface area contributed by atoms with Crippen LogP contribution in [0.3, 0.4) is 0 Å². The smallest absolute Gasteiger partial charge is 0.0604 e. The minimum Gasteiger partial charge on any atom is -0.316 e. The Morgan fingerprint density at radius 3 is 2.52 bits per heavy atom. The van der Waals surface area contributed by atoms with E-state index in [1.807, 2.05) is 13.1 Å². The zero-order valence-electron chi connectivity index (χ0n) is 12.7. The zero-order chi connectivity index (χ0) is 15.6. The summed E-state index contributed by atoms with van der Waals surface area (Å²) in [6.07, 6.45) is 3.28. The largest absolute Gasteiger partial charge is 0.316 e. The average molecular weight is 348 g/mol. The van der Waals surface area contributed by atoms with Crippen LogP contribution in [0.25, 0.3) is 0 Å². The maximum Gasteiger partial charge on any atom is 0.0604 e. The molecule has 2 nitrogen and oxygen atoms in total. The van der Waals surface area contributed by atoms with Gasteiger partial charge < -0.3 is 5.32 Å². The Morgan fingerprint density at radius 2 is 1.95 bits per heavy atom. The van der Waals surface area contributed by atoms with Crippen molar-refractivity contribution in [2.24, 2.45) is 11.8 Å². The minimum absolute atomic E-state index is 0.133. The van der Waals surface area contributed by atoms with Gasteiger partial charge in [-0.05, 0) is 56.3 Å². The Bertz CT molecular complexity index is 521. The highest BCUT2D eigenvalue weighted by atomic mass is 35.5. The molecule has 1 saturated carbocycles. The molecule has 4 atom stereocenters. The van der Waals surface area contributed by atoms with Crippen LogP contribution in [0.4, 0.5) is 0 Å². The summed E-state index contributed by atoms with van der Waals surface area (Å²) >= 11 is 12.0. The lowest BCUT2D eigenvalue weighted by atomic mass is 9.79. The van der Waals surface area contributed by atoms with E-state index in [0.717, 1.165) is 17.7 Å². The predicted molar refractivity (Wildman–Crippen MR) is 91.7 cm³/mol. The molecule has 0 bridgehead atoms. The van der Waals surface area contributed by atoms with Gasteiger partial charge in [-0.15, -0.1) is 0 Å². The molecule has 1 fully saturated rings. The Morgan fingerprint density at radius 1 is 1.24 bits per heavy atom. The third-order valence-corrected chi connectivity index (χ3v) is 7.07. The molecule has 1 aliphatic rings. The second-order valence-corrected chi connectivity index (χ2v) is 8.61. The molecule has 118 valence electrons. The van der Waals surface area contributed by atoms with E-state index in [9.17, 15) is 4.21 Å². The highest BCUT2D eigenvalue weighted by Crippen LogP contribution is 2.35. The standard InChI is InChI=1S/C16H23Cl2NOS/c1-10(2)11-4-7-15(19-3)16(8-11)21(20)12-5-6-13(17)14(18)9-12/h5-6,9-11,15-16,19H,4,7-8H2,1-3H3. The van der Waals surface area contributed by atoms with E-state index in [1.165, 1.54) is 6.42 Å². The number of halogens is 2. The fraction of sp³-hybridized carbons (Fsp3) is 0.625. The topological polar surface area (TPSA) is 29.1 Å². The molecule has 0 amide bonds. The molecular formula is C16H23Cl2NOS. The molecule has 0 aliphatic heterocycles. The van der Waals surface area contributed by atoms with Crippen LogP contribution in [-0.2, 0) is 10.8 Å². The molecule has 2 rings (SSSR count). The molecule has 0 saturated heterocycles. The van der Waals surface area contributed by atoms with E-state index in [-0.39, 0.29) is 5.25 Å². The van der Waals surface area contributed by atoms with Gasteiger partial charge >= 0.3 is 0 Å². The van der Waals surface area contributed by atoms with Gasteiger partial charge in [-0.1, -0.05) is 37.0 Å². The monoisotopic (exact) mass is 347 g/mol. The summed E-state index contributed by atoms with van der Waals surface area (Å²) < 4.78 is 13.0. The van der Waals surface area contributed by atoms with Crippen LogP contribution in [0.5, 0.6) is 0 Å². The quantitative estimate of drug-likeness (QED) is 0.867. The molecule has 0 radical (unpaired) electrons. The first-order chi connectivity index (χ1) is 9.93. The van der Waals surface area contributed by atoms with Crippen molar-refractivity contribution in [1.29, 1.82) is 0 Å². The van der Waals surface area contributed by atoms with Crippen LogP contribution in [-0.4, -0.2) is 22.5 Å². The number of hydrogen-bond acceptors (Lipinski definition) is 2.